The van der Waals surface area contributed by atoms with Gasteiger partial charge in [-0.05, 0) is 32.6 Å². The molecule has 2 N–H and O–H groups in total. The summed E-state index contributed by atoms with van der Waals surface area (Å²) in [6, 6.07) is 0.191. The van der Waals surface area contributed by atoms with Gasteiger partial charge in [0.05, 0.1) is 0 Å². The first-order valence-electron chi connectivity index (χ1n) is 6.67. The van der Waals surface area contributed by atoms with Gasteiger partial charge in [0.1, 0.15) is 0 Å². The molecule has 0 heterocycles. The molecule has 0 bridgehead atoms. The van der Waals surface area contributed by atoms with Crippen molar-refractivity contribution in [1.82, 2.24) is 10.2 Å². The van der Waals surface area contributed by atoms with Crippen molar-refractivity contribution in [2.45, 2.75) is 65.0 Å². The number of hydrogen-bond donors (Lipinski definition) is 2. The van der Waals surface area contributed by atoms with Crippen molar-refractivity contribution in [2.75, 3.05) is 7.05 Å². The van der Waals surface area contributed by atoms with Gasteiger partial charge in [-0.1, -0.05) is 13.8 Å². The number of carbonyl (C=O) groups excluding carboxylic acids is 1. The number of carboxylic acids is 1. The van der Waals surface area contributed by atoms with Crippen LogP contribution in [0.1, 0.15) is 52.9 Å². The van der Waals surface area contributed by atoms with Gasteiger partial charge < -0.3 is 15.3 Å². The van der Waals surface area contributed by atoms with Crippen LogP contribution in [0.25, 0.3) is 0 Å². The number of aliphatic carboxylic acids is 1. The lowest BCUT2D eigenvalue weighted by atomic mass is 10.1. The van der Waals surface area contributed by atoms with Crippen molar-refractivity contribution in [1.29, 1.82) is 0 Å². The number of urea groups is 1. The highest BCUT2D eigenvalue weighted by molar-refractivity contribution is 5.74. The third-order valence-electron chi connectivity index (χ3n) is 3.21. The zero-order chi connectivity index (χ0) is 14.1. The van der Waals surface area contributed by atoms with E-state index in [1.807, 2.05) is 6.92 Å². The molecule has 0 saturated carbocycles. The van der Waals surface area contributed by atoms with Crippen LogP contribution in [0.15, 0.2) is 0 Å². The molecule has 5 heteroatoms. The maximum Gasteiger partial charge on any atom is 0.317 e. The summed E-state index contributed by atoms with van der Waals surface area (Å²) in [6.45, 7) is 6.03. The second-order valence-corrected chi connectivity index (χ2v) is 4.72. The number of hydrogen-bond acceptors (Lipinski definition) is 2. The number of nitrogens with one attached hydrogen (secondary N) is 1. The van der Waals surface area contributed by atoms with Crippen molar-refractivity contribution < 1.29 is 14.7 Å². The Labute approximate surface area is 110 Å². The van der Waals surface area contributed by atoms with Crippen LogP contribution in [0.3, 0.4) is 0 Å². The quantitative estimate of drug-likeness (QED) is 0.702. The Morgan fingerprint density at radius 1 is 1.28 bits per heavy atom. The average Bonchev–Trinajstić information content (AvgIpc) is 2.29. The zero-order valence-corrected chi connectivity index (χ0v) is 11.9. The number of carboxylic acid groups (broad SMARTS) is 1. The van der Waals surface area contributed by atoms with Gasteiger partial charge in [-0.15, -0.1) is 0 Å². The van der Waals surface area contributed by atoms with Crippen LogP contribution in [0.4, 0.5) is 4.79 Å². The molecule has 0 fully saturated rings. The lowest BCUT2D eigenvalue weighted by Gasteiger charge is -2.28. The van der Waals surface area contributed by atoms with E-state index < -0.39 is 5.97 Å². The summed E-state index contributed by atoms with van der Waals surface area (Å²) in [7, 11) is 1.80. The largest absolute Gasteiger partial charge is 0.481 e. The monoisotopic (exact) mass is 258 g/mol. The summed E-state index contributed by atoms with van der Waals surface area (Å²) in [5, 5.41) is 11.4. The Kier molecular flexibility index (Phi) is 8.16. The van der Waals surface area contributed by atoms with Crippen LogP contribution >= 0.6 is 0 Å². The summed E-state index contributed by atoms with van der Waals surface area (Å²) < 4.78 is 0. The molecule has 1 atom stereocenters. The first kappa shape index (κ1) is 16.7. The summed E-state index contributed by atoms with van der Waals surface area (Å²) in [5.74, 6) is -0.789. The topological polar surface area (TPSA) is 69.6 Å². The second kappa shape index (κ2) is 8.78. The van der Waals surface area contributed by atoms with E-state index in [4.69, 9.17) is 5.11 Å². The summed E-state index contributed by atoms with van der Waals surface area (Å²) in [5.41, 5.74) is 0. The second-order valence-electron chi connectivity index (χ2n) is 4.72. The van der Waals surface area contributed by atoms with Crippen LogP contribution in [-0.2, 0) is 4.79 Å². The van der Waals surface area contributed by atoms with E-state index in [9.17, 15) is 9.59 Å². The van der Waals surface area contributed by atoms with E-state index in [2.05, 4.69) is 19.2 Å². The molecule has 0 rings (SSSR count). The van der Waals surface area contributed by atoms with E-state index in [1.165, 1.54) is 0 Å². The van der Waals surface area contributed by atoms with Crippen LogP contribution in [0, 0.1) is 0 Å². The molecule has 5 nitrogen and oxygen atoms in total. The fourth-order valence-electron chi connectivity index (χ4n) is 1.95. The normalized spacial score (nSPS) is 12.3. The van der Waals surface area contributed by atoms with Gasteiger partial charge in [0.2, 0.25) is 0 Å². The van der Waals surface area contributed by atoms with Gasteiger partial charge in [0.25, 0.3) is 0 Å². The number of carbonyl (C=O) groups is 2. The van der Waals surface area contributed by atoms with Crippen LogP contribution in [0.2, 0.25) is 0 Å². The molecule has 2 amide bonds. The Hall–Kier alpha value is -1.26. The van der Waals surface area contributed by atoms with Crippen LogP contribution in [0.5, 0.6) is 0 Å². The summed E-state index contributed by atoms with van der Waals surface area (Å²) in [4.78, 5) is 24.0. The van der Waals surface area contributed by atoms with E-state index in [0.29, 0.717) is 12.8 Å². The van der Waals surface area contributed by atoms with Crippen LogP contribution in [-0.4, -0.2) is 41.1 Å². The Morgan fingerprint density at radius 3 is 2.28 bits per heavy atom. The lowest BCUT2D eigenvalue weighted by Crippen LogP contribution is -2.46. The number of nitrogens with zero attached hydrogens (tertiary/aromatic N) is 1. The Morgan fingerprint density at radius 2 is 1.83 bits per heavy atom. The molecule has 18 heavy (non-hydrogen) atoms. The minimum absolute atomic E-state index is 0.00802. The minimum atomic E-state index is -0.789. The molecule has 0 aliphatic carbocycles. The molecule has 0 radical (unpaired) electrons. The van der Waals surface area contributed by atoms with Crippen LogP contribution < -0.4 is 5.32 Å². The molecule has 0 aromatic carbocycles. The van der Waals surface area contributed by atoms with Crippen molar-refractivity contribution in [3.8, 4) is 0 Å². The number of rotatable bonds is 8. The Bertz CT molecular complexity index is 265. The molecule has 0 aromatic rings. The molecular weight excluding hydrogens is 232 g/mol. The fourth-order valence-corrected chi connectivity index (χ4v) is 1.95. The smallest absolute Gasteiger partial charge is 0.317 e. The SMILES string of the molecule is CCC(CC)N(C)C(=O)NC(C)CCCC(=O)O. The lowest BCUT2D eigenvalue weighted by molar-refractivity contribution is -0.137. The van der Waals surface area contributed by atoms with Crippen molar-refractivity contribution in [3.05, 3.63) is 0 Å². The molecule has 106 valence electrons. The first-order chi connectivity index (χ1) is 8.42. The predicted molar refractivity (Wildman–Crippen MR) is 71.6 cm³/mol. The van der Waals surface area contributed by atoms with Gasteiger partial charge >= 0.3 is 12.0 Å². The highest BCUT2D eigenvalue weighted by Gasteiger charge is 2.17. The van der Waals surface area contributed by atoms with E-state index >= 15 is 0 Å². The van der Waals surface area contributed by atoms with Gasteiger partial charge in [0.15, 0.2) is 0 Å². The number of amides is 2. The van der Waals surface area contributed by atoms with Gasteiger partial charge in [-0.2, -0.15) is 0 Å². The minimum Gasteiger partial charge on any atom is -0.481 e. The first-order valence-corrected chi connectivity index (χ1v) is 6.67. The van der Waals surface area contributed by atoms with E-state index in [1.54, 1.807) is 11.9 Å². The van der Waals surface area contributed by atoms with Crippen molar-refractivity contribution in [2.24, 2.45) is 0 Å². The molecule has 0 saturated heterocycles. The molecule has 0 aromatic heterocycles. The molecule has 1 unspecified atom stereocenters. The van der Waals surface area contributed by atoms with Crippen molar-refractivity contribution in [3.63, 3.8) is 0 Å². The molecular formula is C13H26N2O3. The standard InChI is InChI=1S/C13H26N2O3/c1-5-11(6-2)15(4)13(18)14-10(3)8-7-9-12(16)17/h10-11H,5-9H2,1-4H3,(H,14,18)(H,16,17). The van der Waals surface area contributed by atoms with Gasteiger partial charge in [0, 0.05) is 25.6 Å². The fraction of sp³-hybridized carbons (Fsp3) is 0.846. The van der Waals surface area contributed by atoms with Crippen molar-refractivity contribution >= 4 is 12.0 Å². The zero-order valence-electron chi connectivity index (χ0n) is 11.9. The third kappa shape index (κ3) is 6.47. The summed E-state index contributed by atoms with van der Waals surface area (Å²) >= 11 is 0. The van der Waals surface area contributed by atoms with E-state index in [-0.39, 0.29) is 24.5 Å². The predicted octanol–water partition coefficient (Wildman–Crippen LogP) is 2.46. The van der Waals surface area contributed by atoms with Gasteiger partial charge in [-0.3, -0.25) is 4.79 Å². The molecule has 0 spiro atoms. The van der Waals surface area contributed by atoms with Gasteiger partial charge in [-0.25, -0.2) is 4.79 Å². The maximum atomic E-state index is 11.9. The average molecular weight is 258 g/mol. The summed E-state index contributed by atoms with van der Waals surface area (Å²) in [6.07, 6.45) is 3.31. The Balaban J connectivity index is 4.02. The van der Waals surface area contributed by atoms with E-state index in [0.717, 1.165) is 12.8 Å². The maximum absolute atomic E-state index is 11.9. The third-order valence-corrected chi connectivity index (χ3v) is 3.21. The highest BCUT2D eigenvalue weighted by Crippen LogP contribution is 2.07. The molecule has 0 aliphatic rings. The molecule has 0 aliphatic heterocycles. The highest BCUT2D eigenvalue weighted by atomic mass is 16.4.